The molecule has 1 heterocycles. The highest BCUT2D eigenvalue weighted by Crippen LogP contribution is 2.17. The Morgan fingerprint density at radius 1 is 1.26 bits per heavy atom. The molecule has 3 rings (SSSR count). The molecular weight excluding hydrogens is 295 g/mol. The number of halogens is 1. The molecule has 0 saturated heterocycles. The van der Waals surface area contributed by atoms with Gasteiger partial charge >= 0.3 is 0 Å². The molecule has 1 N–H and O–H groups in total. The van der Waals surface area contributed by atoms with Gasteiger partial charge in [0.15, 0.2) is 11.5 Å². The third kappa shape index (κ3) is 3.74. The minimum atomic E-state index is -0.353. The smallest absolute Gasteiger partial charge is 0.224 e. The van der Waals surface area contributed by atoms with Gasteiger partial charge in [0.25, 0.3) is 0 Å². The first-order valence-electron chi connectivity index (χ1n) is 7.48. The number of aromatic nitrogens is 1. The molecule has 1 amide bonds. The number of hydrogen-bond donors (Lipinski definition) is 1. The molecule has 118 valence electrons. The Kier molecular flexibility index (Phi) is 4.37. The zero-order valence-electron chi connectivity index (χ0n) is 12.8. The van der Waals surface area contributed by atoms with E-state index in [-0.39, 0.29) is 18.1 Å². The van der Waals surface area contributed by atoms with E-state index in [2.05, 4.69) is 10.3 Å². The fourth-order valence-corrected chi connectivity index (χ4v) is 2.46. The standard InChI is InChI=1S/C18H17FN2O2/c1-12-21-16-7-6-13(10-17(16)23-12)8-9-20-18(22)11-14-4-2-3-5-15(14)19/h2-7,10H,8-9,11H2,1H3,(H,20,22). The highest BCUT2D eigenvalue weighted by Gasteiger charge is 2.08. The quantitative estimate of drug-likeness (QED) is 0.787. The van der Waals surface area contributed by atoms with Gasteiger partial charge in [-0.3, -0.25) is 4.79 Å². The maximum Gasteiger partial charge on any atom is 0.224 e. The second-order valence-electron chi connectivity index (χ2n) is 5.40. The number of nitrogens with one attached hydrogen (secondary N) is 1. The minimum Gasteiger partial charge on any atom is -0.441 e. The van der Waals surface area contributed by atoms with Gasteiger partial charge in [-0.15, -0.1) is 0 Å². The van der Waals surface area contributed by atoms with Crippen LogP contribution in [0.15, 0.2) is 46.9 Å². The molecule has 0 aliphatic heterocycles. The van der Waals surface area contributed by atoms with E-state index in [4.69, 9.17) is 4.42 Å². The van der Waals surface area contributed by atoms with Crippen LogP contribution < -0.4 is 5.32 Å². The molecule has 0 atom stereocenters. The van der Waals surface area contributed by atoms with Gasteiger partial charge in [0.05, 0.1) is 6.42 Å². The summed E-state index contributed by atoms with van der Waals surface area (Å²) in [7, 11) is 0. The molecule has 0 aliphatic carbocycles. The van der Waals surface area contributed by atoms with Crippen molar-refractivity contribution in [2.75, 3.05) is 6.54 Å². The van der Waals surface area contributed by atoms with Gasteiger partial charge in [0.2, 0.25) is 5.91 Å². The van der Waals surface area contributed by atoms with Gasteiger partial charge in [0.1, 0.15) is 11.3 Å². The summed E-state index contributed by atoms with van der Waals surface area (Å²) in [6.07, 6.45) is 0.728. The maximum absolute atomic E-state index is 13.5. The summed E-state index contributed by atoms with van der Waals surface area (Å²) in [6, 6.07) is 12.1. The molecule has 4 nitrogen and oxygen atoms in total. The largest absolute Gasteiger partial charge is 0.441 e. The lowest BCUT2D eigenvalue weighted by Crippen LogP contribution is -2.27. The Balaban J connectivity index is 1.53. The summed E-state index contributed by atoms with van der Waals surface area (Å²) in [5.74, 6) is 0.0934. The van der Waals surface area contributed by atoms with Gasteiger partial charge in [-0.1, -0.05) is 24.3 Å². The number of hydrogen-bond acceptors (Lipinski definition) is 3. The molecule has 23 heavy (non-hydrogen) atoms. The number of benzene rings is 2. The van der Waals surface area contributed by atoms with E-state index in [9.17, 15) is 9.18 Å². The van der Waals surface area contributed by atoms with Crippen LogP contribution in [0.4, 0.5) is 4.39 Å². The summed E-state index contributed by atoms with van der Waals surface area (Å²) in [5, 5.41) is 2.81. The van der Waals surface area contributed by atoms with Gasteiger partial charge < -0.3 is 9.73 Å². The van der Waals surface area contributed by atoms with E-state index >= 15 is 0 Å². The Morgan fingerprint density at radius 2 is 2.09 bits per heavy atom. The Bertz CT molecular complexity index is 842. The summed E-state index contributed by atoms with van der Waals surface area (Å²) < 4.78 is 19.0. The highest BCUT2D eigenvalue weighted by atomic mass is 19.1. The fraction of sp³-hybridized carbons (Fsp3) is 0.222. The number of nitrogens with zero attached hydrogens (tertiary/aromatic N) is 1. The van der Waals surface area contributed by atoms with Crippen LogP contribution in [0, 0.1) is 12.7 Å². The molecule has 0 aliphatic rings. The fourth-order valence-electron chi connectivity index (χ4n) is 2.46. The number of fused-ring (bicyclic) bond motifs is 1. The predicted octanol–water partition coefficient (Wildman–Crippen LogP) is 3.18. The van der Waals surface area contributed by atoms with Crippen molar-refractivity contribution in [2.24, 2.45) is 0 Å². The number of rotatable bonds is 5. The number of carbonyl (C=O) groups excluding carboxylic acids is 1. The molecule has 5 heteroatoms. The Morgan fingerprint density at radius 3 is 2.91 bits per heavy atom. The maximum atomic E-state index is 13.5. The summed E-state index contributed by atoms with van der Waals surface area (Å²) in [4.78, 5) is 16.1. The molecule has 1 aromatic heterocycles. The first kappa shape index (κ1) is 15.2. The predicted molar refractivity (Wildman–Crippen MR) is 85.6 cm³/mol. The number of oxazole rings is 1. The zero-order chi connectivity index (χ0) is 16.2. The SMILES string of the molecule is Cc1nc2ccc(CCNC(=O)Cc3ccccc3F)cc2o1. The molecule has 2 aromatic carbocycles. The summed E-state index contributed by atoms with van der Waals surface area (Å²) >= 11 is 0. The lowest BCUT2D eigenvalue weighted by molar-refractivity contribution is -0.120. The Labute approximate surface area is 133 Å². The van der Waals surface area contributed by atoms with Crippen LogP contribution in [0.25, 0.3) is 11.1 Å². The second-order valence-corrected chi connectivity index (χ2v) is 5.40. The van der Waals surface area contributed by atoms with Crippen molar-refractivity contribution >= 4 is 17.0 Å². The first-order valence-corrected chi connectivity index (χ1v) is 7.48. The third-order valence-electron chi connectivity index (χ3n) is 3.60. The summed E-state index contributed by atoms with van der Waals surface area (Å²) in [6.45, 7) is 2.30. The van der Waals surface area contributed by atoms with E-state index in [1.165, 1.54) is 6.07 Å². The van der Waals surface area contributed by atoms with Gasteiger partial charge in [-0.2, -0.15) is 0 Å². The van der Waals surface area contributed by atoms with Crippen LogP contribution >= 0.6 is 0 Å². The minimum absolute atomic E-state index is 0.0486. The lowest BCUT2D eigenvalue weighted by atomic mass is 10.1. The molecule has 0 unspecified atom stereocenters. The van der Waals surface area contributed by atoms with Crippen LogP contribution in [0.5, 0.6) is 0 Å². The summed E-state index contributed by atoms with van der Waals surface area (Å²) in [5.41, 5.74) is 3.04. The molecule has 3 aromatic rings. The molecule has 0 spiro atoms. The van der Waals surface area contributed by atoms with Gasteiger partial charge in [-0.05, 0) is 35.7 Å². The van der Waals surface area contributed by atoms with E-state index in [1.807, 2.05) is 25.1 Å². The highest BCUT2D eigenvalue weighted by molar-refractivity contribution is 5.78. The number of amides is 1. The van der Waals surface area contributed by atoms with E-state index in [0.717, 1.165) is 16.7 Å². The average molecular weight is 312 g/mol. The van der Waals surface area contributed by atoms with Crippen molar-refractivity contribution in [2.45, 2.75) is 19.8 Å². The average Bonchev–Trinajstić information content (AvgIpc) is 2.89. The van der Waals surface area contributed by atoms with Crippen molar-refractivity contribution < 1.29 is 13.6 Å². The van der Waals surface area contributed by atoms with Crippen molar-refractivity contribution in [3.8, 4) is 0 Å². The first-order chi connectivity index (χ1) is 11.1. The second kappa shape index (κ2) is 6.60. The van der Waals surface area contributed by atoms with Crippen LogP contribution in [0.2, 0.25) is 0 Å². The van der Waals surface area contributed by atoms with Crippen molar-refractivity contribution in [1.29, 1.82) is 0 Å². The number of carbonyl (C=O) groups is 1. The van der Waals surface area contributed by atoms with Gasteiger partial charge in [-0.25, -0.2) is 9.37 Å². The molecule has 0 radical (unpaired) electrons. The van der Waals surface area contributed by atoms with Crippen molar-refractivity contribution in [1.82, 2.24) is 10.3 Å². The lowest BCUT2D eigenvalue weighted by Gasteiger charge is -2.06. The topological polar surface area (TPSA) is 55.1 Å². The van der Waals surface area contributed by atoms with Gasteiger partial charge in [0, 0.05) is 13.5 Å². The van der Waals surface area contributed by atoms with Crippen LogP contribution in [-0.2, 0) is 17.6 Å². The monoisotopic (exact) mass is 312 g/mol. The zero-order valence-corrected chi connectivity index (χ0v) is 12.8. The molecular formula is C18H17FN2O2. The number of aryl methyl sites for hydroxylation is 1. The molecule has 0 fully saturated rings. The third-order valence-corrected chi connectivity index (χ3v) is 3.60. The van der Waals surface area contributed by atoms with Crippen LogP contribution in [0.1, 0.15) is 17.0 Å². The normalized spacial score (nSPS) is 10.9. The van der Waals surface area contributed by atoms with E-state index < -0.39 is 0 Å². The van der Waals surface area contributed by atoms with E-state index in [0.29, 0.717) is 24.4 Å². The van der Waals surface area contributed by atoms with Crippen molar-refractivity contribution in [3.63, 3.8) is 0 Å². The van der Waals surface area contributed by atoms with Crippen molar-refractivity contribution in [3.05, 3.63) is 65.3 Å². The molecule has 0 saturated carbocycles. The van der Waals surface area contributed by atoms with E-state index in [1.54, 1.807) is 18.2 Å². The van der Waals surface area contributed by atoms with Crippen LogP contribution in [0.3, 0.4) is 0 Å². The molecule has 0 bridgehead atoms. The Hall–Kier alpha value is -2.69. The van der Waals surface area contributed by atoms with Crippen LogP contribution in [-0.4, -0.2) is 17.4 Å².